The van der Waals surface area contributed by atoms with Gasteiger partial charge in [-0.15, -0.1) is 0 Å². The number of nitrogens with two attached hydrogens (primary N) is 1. The van der Waals surface area contributed by atoms with Crippen molar-refractivity contribution in [1.82, 2.24) is 4.90 Å². The predicted molar refractivity (Wildman–Crippen MR) is 68.6 cm³/mol. The maximum Gasteiger partial charge on any atom is 0.325 e. The lowest BCUT2D eigenvalue weighted by Crippen LogP contribution is -2.49. The summed E-state index contributed by atoms with van der Waals surface area (Å²) < 4.78 is 6.94. The van der Waals surface area contributed by atoms with Crippen LogP contribution in [0.4, 0.5) is 0 Å². The van der Waals surface area contributed by atoms with Crippen molar-refractivity contribution in [2.75, 3.05) is 13.1 Å². The minimum atomic E-state index is -1.12. The Hall–Kier alpha value is -0.370. The van der Waals surface area contributed by atoms with Gasteiger partial charge >= 0.3 is 5.97 Å². The van der Waals surface area contributed by atoms with Crippen LogP contribution in [0, 0.1) is 0 Å². The van der Waals surface area contributed by atoms with Crippen molar-refractivity contribution in [3.63, 3.8) is 0 Å². The lowest BCUT2D eigenvalue weighted by Gasteiger charge is -2.19. The molecule has 0 aromatic carbocycles. The van der Waals surface area contributed by atoms with Gasteiger partial charge in [0.1, 0.15) is 11.3 Å². The van der Waals surface area contributed by atoms with Crippen molar-refractivity contribution in [2.24, 2.45) is 5.73 Å². The fourth-order valence-electron chi connectivity index (χ4n) is 1.91. The molecule has 1 unspecified atom stereocenters. The highest BCUT2D eigenvalue weighted by Crippen LogP contribution is 2.29. The second-order valence-corrected chi connectivity index (χ2v) is 5.83. The van der Waals surface area contributed by atoms with Crippen molar-refractivity contribution in [3.8, 4) is 0 Å². The second kappa shape index (κ2) is 4.72. The molecule has 0 bridgehead atoms. The lowest BCUT2D eigenvalue weighted by molar-refractivity contribution is -0.142. The number of furan rings is 1. The molecule has 5 nitrogen and oxygen atoms in total. The molecule has 1 saturated heterocycles. The van der Waals surface area contributed by atoms with Gasteiger partial charge < -0.3 is 15.3 Å². The zero-order valence-corrected chi connectivity index (χ0v) is 12.1. The van der Waals surface area contributed by atoms with Crippen LogP contribution in [-0.2, 0) is 11.3 Å². The van der Waals surface area contributed by atoms with E-state index in [0.717, 1.165) is 10.2 Å². The molecule has 3 N–H and O–H groups in total. The third kappa shape index (κ3) is 2.73. The smallest absolute Gasteiger partial charge is 0.325 e. The molecule has 1 aliphatic heterocycles. The number of halogens is 2. The molecule has 0 spiro atoms. The van der Waals surface area contributed by atoms with Crippen molar-refractivity contribution < 1.29 is 14.3 Å². The van der Waals surface area contributed by atoms with Gasteiger partial charge in [-0.2, -0.15) is 0 Å². The van der Waals surface area contributed by atoms with Gasteiger partial charge in [0.15, 0.2) is 4.67 Å². The van der Waals surface area contributed by atoms with Crippen LogP contribution in [0.15, 0.2) is 19.6 Å². The van der Waals surface area contributed by atoms with Gasteiger partial charge in [-0.1, -0.05) is 0 Å². The minimum absolute atomic E-state index is 0.346. The summed E-state index contributed by atoms with van der Waals surface area (Å²) in [5, 5.41) is 9.01. The summed E-state index contributed by atoms with van der Waals surface area (Å²) in [5.74, 6) is -0.166. The first-order valence-electron chi connectivity index (χ1n) is 5.09. The topological polar surface area (TPSA) is 79.7 Å². The molecule has 1 fully saturated rings. The van der Waals surface area contributed by atoms with Gasteiger partial charge in [0.05, 0.1) is 11.0 Å². The van der Waals surface area contributed by atoms with Gasteiger partial charge in [0.2, 0.25) is 0 Å². The number of hydrogen-bond acceptors (Lipinski definition) is 4. The van der Waals surface area contributed by atoms with Crippen LogP contribution in [0.3, 0.4) is 0 Å². The molecule has 0 radical (unpaired) electrons. The Kier molecular flexibility index (Phi) is 3.63. The summed E-state index contributed by atoms with van der Waals surface area (Å²) >= 11 is 6.59. The summed E-state index contributed by atoms with van der Waals surface area (Å²) in [6.07, 6.45) is 0.464. The first-order valence-corrected chi connectivity index (χ1v) is 6.68. The van der Waals surface area contributed by atoms with Crippen LogP contribution in [0.2, 0.25) is 0 Å². The number of likely N-dealkylation sites (tertiary alicyclic amines) is 1. The average molecular weight is 368 g/mol. The van der Waals surface area contributed by atoms with E-state index in [1.807, 2.05) is 11.0 Å². The summed E-state index contributed by atoms with van der Waals surface area (Å²) in [6, 6.07) is 1.86. The monoisotopic (exact) mass is 366 g/mol. The Balaban J connectivity index is 2.01. The Morgan fingerprint density at radius 3 is 2.82 bits per heavy atom. The van der Waals surface area contributed by atoms with E-state index in [1.165, 1.54) is 0 Å². The fraction of sp³-hybridized carbons (Fsp3) is 0.500. The van der Waals surface area contributed by atoms with Crippen LogP contribution in [-0.4, -0.2) is 34.6 Å². The molecule has 2 heterocycles. The Labute approximate surface area is 115 Å². The van der Waals surface area contributed by atoms with Crippen LogP contribution >= 0.6 is 31.9 Å². The fourth-order valence-corrected chi connectivity index (χ4v) is 2.57. The maximum absolute atomic E-state index is 11.0. The number of carboxylic acids is 1. The Morgan fingerprint density at radius 1 is 1.65 bits per heavy atom. The van der Waals surface area contributed by atoms with E-state index < -0.39 is 11.5 Å². The minimum Gasteiger partial charge on any atom is -0.480 e. The maximum atomic E-state index is 11.0. The van der Waals surface area contributed by atoms with E-state index >= 15 is 0 Å². The SMILES string of the molecule is NC1(C(=O)O)CCN(Cc2cc(Br)c(Br)o2)C1. The highest BCUT2D eigenvalue weighted by atomic mass is 79.9. The number of rotatable bonds is 3. The highest BCUT2D eigenvalue weighted by molar-refractivity contribution is 9.13. The number of carboxylic acid groups (broad SMARTS) is 1. The first-order chi connectivity index (χ1) is 7.90. The van der Waals surface area contributed by atoms with Gasteiger partial charge in [-0.3, -0.25) is 9.69 Å². The molecular formula is C10H12Br2N2O3. The zero-order chi connectivity index (χ0) is 12.6. The Bertz CT molecular complexity index is 429. The van der Waals surface area contributed by atoms with Gasteiger partial charge in [0.25, 0.3) is 0 Å². The quantitative estimate of drug-likeness (QED) is 0.851. The predicted octanol–water partition coefficient (Wildman–Crippen LogP) is 1.79. The summed E-state index contributed by atoms with van der Waals surface area (Å²) in [6.45, 7) is 1.58. The molecule has 2 rings (SSSR count). The van der Waals surface area contributed by atoms with E-state index in [2.05, 4.69) is 31.9 Å². The van der Waals surface area contributed by atoms with E-state index in [0.29, 0.717) is 30.7 Å². The summed E-state index contributed by atoms with van der Waals surface area (Å²) in [5.41, 5.74) is 4.67. The van der Waals surface area contributed by atoms with Crippen molar-refractivity contribution in [1.29, 1.82) is 0 Å². The van der Waals surface area contributed by atoms with Crippen LogP contribution in [0.25, 0.3) is 0 Å². The van der Waals surface area contributed by atoms with Crippen molar-refractivity contribution in [3.05, 3.63) is 21.0 Å². The molecule has 1 aromatic rings. The molecule has 94 valence electrons. The number of aliphatic carboxylic acids is 1. The second-order valence-electron chi connectivity index (χ2n) is 4.26. The third-order valence-electron chi connectivity index (χ3n) is 2.88. The lowest BCUT2D eigenvalue weighted by atomic mass is 10.0. The summed E-state index contributed by atoms with van der Waals surface area (Å²) in [7, 11) is 0. The van der Waals surface area contributed by atoms with Crippen LogP contribution in [0.5, 0.6) is 0 Å². The van der Waals surface area contributed by atoms with Gasteiger partial charge in [-0.05, 0) is 44.3 Å². The van der Waals surface area contributed by atoms with Crippen molar-refractivity contribution >= 4 is 37.8 Å². The van der Waals surface area contributed by atoms with Crippen LogP contribution < -0.4 is 5.73 Å². The molecular weight excluding hydrogens is 356 g/mol. The average Bonchev–Trinajstić information content (AvgIpc) is 2.74. The standard InChI is InChI=1S/C10H12Br2N2O3/c11-7-3-6(17-8(7)12)4-14-2-1-10(13,5-14)9(15)16/h3H,1-2,4-5,13H2,(H,15,16). The highest BCUT2D eigenvalue weighted by Gasteiger charge is 2.41. The Morgan fingerprint density at radius 2 is 2.35 bits per heavy atom. The third-order valence-corrected chi connectivity index (χ3v) is 4.59. The van der Waals surface area contributed by atoms with Crippen LogP contribution in [0.1, 0.15) is 12.2 Å². The van der Waals surface area contributed by atoms with E-state index in [-0.39, 0.29) is 0 Å². The first kappa shape index (κ1) is 13.1. The van der Waals surface area contributed by atoms with E-state index in [1.54, 1.807) is 0 Å². The number of hydrogen-bond donors (Lipinski definition) is 2. The normalized spacial score (nSPS) is 25.4. The van der Waals surface area contributed by atoms with Crippen molar-refractivity contribution in [2.45, 2.75) is 18.5 Å². The largest absolute Gasteiger partial charge is 0.480 e. The molecule has 0 aliphatic carbocycles. The molecule has 1 atom stereocenters. The molecule has 1 aliphatic rings. The van der Waals surface area contributed by atoms with E-state index in [9.17, 15) is 4.79 Å². The van der Waals surface area contributed by atoms with E-state index in [4.69, 9.17) is 15.3 Å². The number of nitrogens with zero attached hydrogens (tertiary/aromatic N) is 1. The molecule has 1 aromatic heterocycles. The zero-order valence-electron chi connectivity index (χ0n) is 8.95. The molecule has 7 heteroatoms. The molecule has 17 heavy (non-hydrogen) atoms. The molecule has 0 saturated carbocycles. The van der Waals surface area contributed by atoms with Gasteiger partial charge in [0, 0.05) is 13.1 Å². The molecule has 0 amide bonds. The van der Waals surface area contributed by atoms with Gasteiger partial charge in [-0.25, -0.2) is 0 Å². The summed E-state index contributed by atoms with van der Waals surface area (Å²) in [4.78, 5) is 13.0. The number of carbonyl (C=O) groups is 1.